The van der Waals surface area contributed by atoms with Crippen molar-refractivity contribution in [1.29, 1.82) is 0 Å². The molecular formula is C19H19N3O2. The molecule has 0 fully saturated rings. The van der Waals surface area contributed by atoms with E-state index in [0.717, 1.165) is 17.0 Å². The van der Waals surface area contributed by atoms with Crippen LogP contribution in [0.2, 0.25) is 0 Å². The summed E-state index contributed by atoms with van der Waals surface area (Å²) in [6.07, 6.45) is 3.28. The van der Waals surface area contributed by atoms with E-state index in [1.165, 1.54) is 5.56 Å². The van der Waals surface area contributed by atoms with Gasteiger partial charge in [0.2, 0.25) is 0 Å². The maximum atomic E-state index is 12.1. The van der Waals surface area contributed by atoms with Gasteiger partial charge in [-0.05, 0) is 36.8 Å². The number of aryl methyl sites for hydroxylation is 1. The molecule has 0 aliphatic rings. The lowest BCUT2D eigenvalue weighted by atomic mass is 10.1. The van der Waals surface area contributed by atoms with Crippen molar-refractivity contribution in [2.24, 2.45) is 0 Å². The number of pyridine rings is 1. The summed E-state index contributed by atoms with van der Waals surface area (Å²) < 4.78 is 5.25. The maximum Gasteiger partial charge on any atom is 0.270 e. The van der Waals surface area contributed by atoms with Gasteiger partial charge in [-0.1, -0.05) is 29.8 Å². The lowest BCUT2D eigenvalue weighted by molar-refractivity contribution is 0.0946. The van der Waals surface area contributed by atoms with Gasteiger partial charge in [0.1, 0.15) is 11.5 Å². The molecule has 0 saturated carbocycles. The Bertz CT molecular complexity index is 796. The van der Waals surface area contributed by atoms with Gasteiger partial charge in [0.25, 0.3) is 5.91 Å². The molecular weight excluding hydrogens is 302 g/mol. The van der Waals surface area contributed by atoms with E-state index in [2.05, 4.69) is 21.7 Å². The number of carbonyl (C=O) groups is 1. The van der Waals surface area contributed by atoms with Crippen molar-refractivity contribution in [2.45, 2.75) is 20.0 Å². The fourth-order valence-corrected chi connectivity index (χ4v) is 2.33. The largest absolute Gasteiger partial charge is 0.467 e. The number of benzene rings is 1. The van der Waals surface area contributed by atoms with Crippen LogP contribution in [0.5, 0.6) is 0 Å². The van der Waals surface area contributed by atoms with Gasteiger partial charge in [0.05, 0.1) is 24.7 Å². The number of hydrogen-bond donors (Lipinski definition) is 2. The van der Waals surface area contributed by atoms with Crippen molar-refractivity contribution in [1.82, 2.24) is 10.3 Å². The Morgan fingerprint density at radius 3 is 2.75 bits per heavy atom. The molecule has 0 aliphatic carbocycles. The molecule has 5 nitrogen and oxygen atoms in total. The predicted octanol–water partition coefficient (Wildman–Crippen LogP) is 3.53. The van der Waals surface area contributed by atoms with E-state index in [1.807, 2.05) is 43.3 Å². The predicted molar refractivity (Wildman–Crippen MR) is 92.6 cm³/mol. The Balaban J connectivity index is 1.53. The molecule has 0 saturated heterocycles. The topological polar surface area (TPSA) is 67.2 Å². The second-order valence-corrected chi connectivity index (χ2v) is 5.54. The fourth-order valence-electron chi connectivity index (χ4n) is 2.33. The van der Waals surface area contributed by atoms with Crippen molar-refractivity contribution >= 4 is 11.6 Å². The summed E-state index contributed by atoms with van der Waals surface area (Å²) in [5.41, 5.74) is 3.47. The van der Waals surface area contributed by atoms with Gasteiger partial charge in [0.15, 0.2) is 0 Å². The molecule has 2 N–H and O–H groups in total. The number of nitrogens with zero attached hydrogens (tertiary/aromatic N) is 1. The van der Waals surface area contributed by atoms with E-state index >= 15 is 0 Å². The minimum atomic E-state index is -0.186. The van der Waals surface area contributed by atoms with Crippen LogP contribution in [0.15, 0.2) is 65.4 Å². The SMILES string of the molecule is Cc1cccc(CNC(=O)c2ccc(NCc3ccco3)cn2)c1. The normalized spacial score (nSPS) is 10.4. The van der Waals surface area contributed by atoms with Gasteiger partial charge < -0.3 is 15.1 Å². The second kappa shape index (κ2) is 7.46. The van der Waals surface area contributed by atoms with Gasteiger partial charge in [-0.2, -0.15) is 0 Å². The minimum absolute atomic E-state index is 0.186. The summed E-state index contributed by atoms with van der Waals surface area (Å²) in [5, 5.41) is 6.07. The van der Waals surface area contributed by atoms with E-state index in [4.69, 9.17) is 4.42 Å². The van der Waals surface area contributed by atoms with Crippen molar-refractivity contribution in [3.05, 3.63) is 83.6 Å². The van der Waals surface area contributed by atoms with E-state index in [9.17, 15) is 4.79 Å². The zero-order valence-electron chi connectivity index (χ0n) is 13.5. The number of aromatic nitrogens is 1. The molecule has 0 radical (unpaired) electrons. The van der Waals surface area contributed by atoms with Crippen molar-refractivity contribution in [2.75, 3.05) is 5.32 Å². The van der Waals surface area contributed by atoms with Crippen molar-refractivity contribution in [3.8, 4) is 0 Å². The van der Waals surface area contributed by atoms with Crippen LogP contribution in [0.1, 0.15) is 27.4 Å². The molecule has 3 aromatic rings. The van der Waals surface area contributed by atoms with Crippen LogP contribution < -0.4 is 10.6 Å². The summed E-state index contributed by atoms with van der Waals surface area (Å²) in [6, 6.07) is 15.3. The molecule has 3 rings (SSSR count). The Kier molecular flexibility index (Phi) is 4.91. The van der Waals surface area contributed by atoms with E-state index in [-0.39, 0.29) is 5.91 Å². The highest BCUT2D eigenvalue weighted by Gasteiger charge is 2.07. The highest BCUT2D eigenvalue weighted by molar-refractivity contribution is 5.92. The first kappa shape index (κ1) is 15.8. The van der Waals surface area contributed by atoms with E-state index in [1.54, 1.807) is 18.5 Å². The zero-order chi connectivity index (χ0) is 16.8. The smallest absolute Gasteiger partial charge is 0.270 e. The molecule has 0 spiro atoms. The average Bonchev–Trinajstić information content (AvgIpc) is 3.12. The van der Waals surface area contributed by atoms with Crippen molar-refractivity contribution < 1.29 is 9.21 Å². The number of amides is 1. The molecule has 122 valence electrons. The molecule has 0 bridgehead atoms. The first-order valence-electron chi connectivity index (χ1n) is 7.77. The number of carbonyl (C=O) groups excluding carboxylic acids is 1. The molecule has 0 atom stereocenters. The molecule has 1 aromatic carbocycles. The van der Waals surface area contributed by atoms with Crippen LogP contribution >= 0.6 is 0 Å². The Hall–Kier alpha value is -3.08. The second-order valence-electron chi connectivity index (χ2n) is 5.54. The molecule has 2 heterocycles. The van der Waals surface area contributed by atoms with Gasteiger partial charge in [-0.15, -0.1) is 0 Å². The molecule has 0 aliphatic heterocycles. The average molecular weight is 321 g/mol. The molecule has 1 amide bonds. The highest BCUT2D eigenvalue weighted by Crippen LogP contribution is 2.10. The van der Waals surface area contributed by atoms with Crippen LogP contribution in [0.25, 0.3) is 0 Å². The van der Waals surface area contributed by atoms with Crippen LogP contribution in [0.3, 0.4) is 0 Å². The monoisotopic (exact) mass is 321 g/mol. The Labute approximate surface area is 140 Å². The first-order valence-corrected chi connectivity index (χ1v) is 7.77. The maximum absolute atomic E-state index is 12.1. The molecule has 2 aromatic heterocycles. The van der Waals surface area contributed by atoms with Gasteiger partial charge in [-0.3, -0.25) is 4.79 Å². The quantitative estimate of drug-likeness (QED) is 0.729. The van der Waals surface area contributed by atoms with Crippen molar-refractivity contribution in [3.63, 3.8) is 0 Å². The number of rotatable bonds is 6. The lowest BCUT2D eigenvalue weighted by Crippen LogP contribution is -2.23. The van der Waals surface area contributed by atoms with Gasteiger partial charge in [-0.25, -0.2) is 4.98 Å². The third kappa shape index (κ3) is 4.23. The summed E-state index contributed by atoms with van der Waals surface area (Å²) >= 11 is 0. The minimum Gasteiger partial charge on any atom is -0.467 e. The highest BCUT2D eigenvalue weighted by atomic mass is 16.3. The standard InChI is InChI=1S/C19H19N3O2/c1-14-4-2-5-15(10-14)11-22-19(23)18-8-7-16(12-21-18)20-13-17-6-3-9-24-17/h2-10,12,20H,11,13H2,1H3,(H,22,23). The summed E-state index contributed by atoms with van der Waals surface area (Å²) in [4.78, 5) is 16.4. The fraction of sp³-hybridized carbons (Fsp3) is 0.158. The Morgan fingerprint density at radius 2 is 2.04 bits per heavy atom. The third-order valence-electron chi connectivity index (χ3n) is 3.58. The summed E-state index contributed by atoms with van der Waals surface area (Å²) in [6.45, 7) is 3.09. The number of anilines is 1. The number of furan rings is 1. The molecule has 5 heteroatoms. The lowest BCUT2D eigenvalue weighted by Gasteiger charge is -2.07. The number of nitrogens with one attached hydrogen (secondary N) is 2. The third-order valence-corrected chi connectivity index (χ3v) is 3.58. The van der Waals surface area contributed by atoms with Crippen LogP contribution in [0, 0.1) is 6.92 Å². The van der Waals surface area contributed by atoms with E-state index < -0.39 is 0 Å². The summed E-state index contributed by atoms with van der Waals surface area (Å²) in [5.74, 6) is 0.657. The van der Waals surface area contributed by atoms with Gasteiger partial charge >= 0.3 is 0 Å². The summed E-state index contributed by atoms with van der Waals surface area (Å²) in [7, 11) is 0. The van der Waals surface area contributed by atoms with Crippen LogP contribution in [-0.4, -0.2) is 10.9 Å². The van der Waals surface area contributed by atoms with E-state index in [0.29, 0.717) is 18.8 Å². The Morgan fingerprint density at radius 1 is 1.12 bits per heavy atom. The van der Waals surface area contributed by atoms with Crippen LogP contribution in [-0.2, 0) is 13.1 Å². The van der Waals surface area contributed by atoms with Crippen LogP contribution in [0.4, 0.5) is 5.69 Å². The molecule has 24 heavy (non-hydrogen) atoms. The van der Waals surface area contributed by atoms with Gasteiger partial charge in [0, 0.05) is 6.54 Å². The first-order chi connectivity index (χ1) is 11.7. The zero-order valence-corrected chi connectivity index (χ0v) is 13.5. The molecule has 0 unspecified atom stereocenters. The number of hydrogen-bond acceptors (Lipinski definition) is 4.